The maximum absolute atomic E-state index is 4.40. The van der Waals surface area contributed by atoms with Crippen LogP contribution in [0, 0.1) is 6.92 Å². The van der Waals surface area contributed by atoms with Gasteiger partial charge in [0.25, 0.3) is 0 Å². The fraction of sp³-hybridized carbons (Fsp3) is 0.400. The van der Waals surface area contributed by atoms with E-state index in [1.807, 2.05) is 11.6 Å². The highest BCUT2D eigenvalue weighted by Gasteiger charge is 2.19. The first-order chi connectivity index (χ1) is 9.78. The van der Waals surface area contributed by atoms with Gasteiger partial charge < -0.3 is 9.80 Å². The second-order valence-corrected chi connectivity index (χ2v) is 6.47. The summed E-state index contributed by atoms with van der Waals surface area (Å²) in [5.41, 5.74) is 4.07. The fourth-order valence-corrected chi connectivity index (χ4v) is 3.88. The molecule has 0 atom stereocenters. The van der Waals surface area contributed by atoms with Crippen LogP contribution in [0.4, 0.5) is 10.8 Å². The van der Waals surface area contributed by atoms with Crippen LogP contribution in [0.3, 0.4) is 0 Å². The molecule has 2 aromatic rings. The molecular weight excluding hydrogens is 334 g/mol. The average molecular weight is 352 g/mol. The summed E-state index contributed by atoms with van der Waals surface area (Å²) < 4.78 is 0. The lowest BCUT2D eigenvalue weighted by molar-refractivity contribution is 0.652. The smallest absolute Gasteiger partial charge is 0.185 e. The van der Waals surface area contributed by atoms with Crippen LogP contribution in [-0.2, 0) is 5.33 Å². The number of halogens is 1. The third-order valence-electron chi connectivity index (χ3n) is 3.80. The molecule has 1 aromatic heterocycles. The van der Waals surface area contributed by atoms with E-state index in [1.54, 1.807) is 11.3 Å². The zero-order valence-electron chi connectivity index (χ0n) is 11.6. The molecule has 3 rings (SSSR count). The van der Waals surface area contributed by atoms with Gasteiger partial charge in [0.2, 0.25) is 0 Å². The lowest BCUT2D eigenvalue weighted by Gasteiger charge is -2.36. The van der Waals surface area contributed by atoms with E-state index in [1.165, 1.54) is 16.8 Å². The number of aromatic nitrogens is 1. The largest absolute Gasteiger partial charge is 0.368 e. The van der Waals surface area contributed by atoms with E-state index < -0.39 is 0 Å². The number of thiazole rings is 1. The van der Waals surface area contributed by atoms with Crippen LogP contribution in [0.1, 0.15) is 11.1 Å². The Kier molecular flexibility index (Phi) is 4.27. The molecule has 0 radical (unpaired) electrons. The molecule has 5 heteroatoms. The summed E-state index contributed by atoms with van der Waals surface area (Å²) in [6.07, 6.45) is 1.88. The predicted molar refractivity (Wildman–Crippen MR) is 90.4 cm³/mol. The van der Waals surface area contributed by atoms with Crippen LogP contribution >= 0.6 is 27.3 Å². The second-order valence-electron chi connectivity index (χ2n) is 5.03. The van der Waals surface area contributed by atoms with Crippen molar-refractivity contribution in [3.05, 3.63) is 40.9 Å². The van der Waals surface area contributed by atoms with Gasteiger partial charge in [-0.15, -0.1) is 11.3 Å². The number of hydrogen-bond acceptors (Lipinski definition) is 4. The van der Waals surface area contributed by atoms with Gasteiger partial charge in [0.15, 0.2) is 5.13 Å². The Labute approximate surface area is 132 Å². The minimum absolute atomic E-state index is 0.928. The van der Waals surface area contributed by atoms with Crippen molar-refractivity contribution < 1.29 is 0 Å². The van der Waals surface area contributed by atoms with E-state index >= 15 is 0 Å². The van der Waals surface area contributed by atoms with Crippen LogP contribution in [0.25, 0.3) is 0 Å². The fourth-order valence-electron chi connectivity index (χ4n) is 2.55. The Bertz CT molecular complexity index is 563. The first kappa shape index (κ1) is 13.9. The molecule has 106 valence electrons. The molecule has 0 spiro atoms. The highest BCUT2D eigenvalue weighted by atomic mass is 79.9. The molecule has 2 heterocycles. The third kappa shape index (κ3) is 2.83. The molecule has 1 aromatic carbocycles. The molecule has 0 bridgehead atoms. The lowest BCUT2D eigenvalue weighted by Crippen LogP contribution is -2.46. The number of piperazine rings is 1. The molecule has 1 saturated heterocycles. The van der Waals surface area contributed by atoms with Crippen molar-refractivity contribution in [1.82, 2.24) is 4.98 Å². The van der Waals surface area contributed by atoms with Gasteiger partial charge in [-0.1, -0.05) is 22.0 Å². The Morgan fingerprint density at radius 2 is 1.95 bits per heavy atom. The van der Waals surface area contributed by atoms with E-state index in [0.717, 1.165) is 36.6 Å². The van der Waals surface area contributed by atoms with Crippen molar-refractivity contribution in [3.8, 4) is 0 Å². The van der Waals surface area contributed by atoms with Crippen molar-refractivity contribution in [2.24, 2.45) is 0 Å². The highest BCUT2D eigenvalue weighted by molar-refractivity contribution is 9.08. The second kappa shape index (κ2) is 6.14. The number of nitrogens with zero attached hydrogens (tertiary/aromatic N) is 3. The Hall–Kier alpha value is -1.07. The monoisotopic (exact) mass is 351 g/mol. The van der Waals surface area contributed by atoms with Gasteiger partial charge in [0.1, 0.15) is 0 Å². The summed E-state index contributed by atoms with van der Waals surface area (Å²) in [7, 11) is 0. The molecule has 1 aliphatic rings. The summed E-state index contributed by atoms with van der Waals surface area (Å²) in [5, 5.41) is 4.12. The van der Waals surface area contributed by atoms with Gasteiger partial charge in [0, 0.05) is 48.8 Å². The molecular formula is C15H18BrN3S. The zero-order chi connectivity index (χ0) is 13.9. The van der Waals surface area contributed by atoms with Crippen molar-refractivity contribution in [2.75, 3.05) is 36.0 Å². The van der Waals surface area contributed by atoms with Crippen molar-refractivity contribution >= 4 is 38.1 Å². The Balaban J connectivity index is 1.67. The van der Waals surface area contributed by atoms with Crippen LogP contribution < -0.4 is 9.80 Å². The van der Waals surface area contributed by atoms with Gasteiger partial charge in [-0.3, -0.25) is 0 Å². The molecule has 0 aliphatic carbocycles. The van der Waals surface area contributed by atoms with Crippen LogP contribution in [0.5, 0.6) is 0 Å². The van der Waals surface area contributed by atoms with Crippen LogP contribution in [0.2, 0.25) is 0 Å². The average Bonchev–Trinajstić information content (AvgIpc) is 3.01. The molecule has 0 saturated carbocycles. The number of benzene rings is 1. The van der Waals surface area contributed by atoms with Crippen LogP contribution in [-0.4, -0.2) is 31.2 Å². The first-order valence-corrected chi connectivity index (χ1v) is 8.83. The van der Waals surface area contributed by atoms with Gasteiger partial charge in [0.05, 0.1) is 0 Å². The summed E-state index contributed by atoms with van der Waals surface area (Å²) in [5.74, 6) is 0. The molecule has 1 fully saturated rings. The topological polar surface area (TPSA) is 19.4 Å². The lowest BCUT2D eigenvalue weighted by atomic mass is 10.1. The number of hydrogen-bond donors (Lipinski definition) is 0. The SMILES string of the molecule is Cc1cc(N2CCN(c3nccs3)CC2)ccc1CBr. The van der Waals surface area contributed by atoms with E-state index in [-0.39, 0.29) is 0 Å². The van der Waals surface area contributed by atoms with Crippen LogP contribution in [0.15, 0.2) is 29.8 Å². The van der Waals surface area contributed by atoms with Gasteiger partial charge in [-0.05, 0) is 30.2 Å². The van der Waals surface area contributed by atoms with Gasteiger partial charge in [-0.25, -0.2) is 4.98 Å². The van der Waals surface area contributed by atoms with Crippen molar-refractivity contribution in [2.45, 2.75) is 12.3 Å². The van der Waals surface area contributed by atoms with Gasteiger partial charge in [-0.2, -0.15) is 0 Å². The van der Waals surface area contributed by atoms with Crippen molar-refractivity contribution in [3.63, 3.8) is 0 Å². The van der Waals surface area contributed by atoms with Gasteiger partial charge >= 0.3 is 0 Å². The number of aryl methyl sites for hydroxylation is 1. The normalized spacial score (nSPS) is 15.7. The Morgan fingerprint density at radius 3 is 2.55 bits per heavy atom. The maximum atomic E-state index is 4.40. The zero-order valence-corrected chi connectivity index (χ0v) is 14.0. The highest BCUT2D eigenvalue weighted by Crippen LogP contribution is 2.24. The molecule has 0 unspecified atom stereocenters. The number of anilines is 2. The molecule has 3 nitrogen and oxygen atoms in total. The molecule has 0 amide bonds. The standard InChI is InChI=1S/C15H18BrN3S/c1-12-10-14(3-2-13(12)11-16)18-5-7-19(8-6-18)15-17-4-9-20-15/h2-4,9-10H,5-8,11H2,1H3. The minimum atomic E-state index is 0.928. The summed E-state index contributed by atoms with van der Waals surface area (Å²) in [6, 6.07) is 6.77. The van der Waals surface area contributed by atoms with E-state index in [4.69, 9.17) is 0 Å². The number of rotatable bonds is 3. The number of alkyl halides is 1. The molecule has 1 aliphatic heterocycles. The molecule has 20 heavy (non-hydrogen) atoms. The maximum Gasteiger partial charge on any atom is 0.185 e. The van der Waals surface area contributed by atoms with E-state index in [9.17, 15) is 0 Å². The summed E-state index contributed by atoms with van der Waals surface area (Å²) in [4.78, 5) is 9.24. The summed E-state index contributed by atoms with van der Waals surface area (Å²) in [6.45, 7) is 6.41. The van der Waals surface area contributed by atoms with Crippen molar-refractivity contribution in [1.29, 1.82) is 0 Å². The van der Waals surface area contributed by atoms with E-state index in [2.05, 4.69) is 55.8 Å². The summed E-state index contributed by atoms with van der Waals surface area (Å²) >= 11 is 5.26. The predicted octanol–water partition coefficient (Wildman–Crippen LogP) is 3.67. The Morgan fingerprint density at radius 1 is 1.20 bits per heavy atom. The first-order valence-electron chi connectivity index (χ1n) is 6.83. The third-order valence-corrected chi connectivity index (χ3v) is 5.24. The quantitative estimate of drug-likeness (QED) is 0.786. The minimum Gasteiger partial charge on any atom is -0.368 e. The van der Waals surface area contributed by atoms with E-state index in [0.29, 0.717) is 0 Å². The molecule has 0 N–H and O–H groups in total.